The number of aliphatic hydroxyl groups excluding tert-OH is 1. The van der Waals surface area contributed by atoms with Gasteiger partial charge in [0.05, 0.1) is 25.8 Å². The van der Waals surface area contributed by atoms with Crippen LogP contribution in [0.25, 0.3) is 0 Å². The number of esters is 1. The molecular weight excluding hydrogens is 398 g/mol. The van der Waals surface area contributed by atoms with Gasteiger partial charge in [-0.25, -0.2) is 4.79 Å². The first-order valence-corrected chi connectivity index (χ1v) is 9.95. The number of carbonyl (C=O) groups excluding carboxylic acids is 3. The lowest BCUT2D eigenvalue weighted by atomic mass is 10.1. The van der Waals surface area contributed by atoms with E-state index < -0.39 is 11.9 Å². The summed E-state index contributed by atoms with van der Waals surface area (Å²) in [7, 11) is 1.25. The van der Waals surface area contributed by atoms with Crippen LogP contribution in [0.15, 0.2) is 65.9 Å². The minimum absolute atomic E-state index is 0.0630. The molecule has 0 aromatic heterocycles. The van der Waals surface area contributed by atoms with E-state index in [4.69, 9.17) is 9.84 Å². The third-order valence-electron chi connectivity index (χ3n) is 4.98. The zero-order valence-corrected chi connectivity index (χ0v) is 17.5. The highest BCUT2D eigenvalue weighted by molar-refractivity contribution is 6.09. The van der Waals surface area contributed by atoms with E-state index in [0.29, 0.717) is 17.8 Å². The molecule has 0 spiro atoms. The number of benzene rings is 2. The van der Waals surface area contributed by atoms with E-state index >= 15 is 0 Å². The van der Waals surface area contributed by atoms with E-state index in [2.05, 4.69) is 5.32 Å². The summed E-state index contributed by atoms with van der Waals surface area (Å²) >= 11 is 0. The number of amides is 2. The number of β-amino-alcohol motifs (C(OH)–C–C–N with tert-alkyl or cyclic N) is 1. The molecule has 2 amide bonds. The predicted molar refractivity (Wildman–Crippen MR) is 117 cm³/mol. The van der Waals surface area contributed by atoms with Gasteiger partial charge < -0.3 is 25.0 Å². The number of hydrogen-bond acceptors (Lipinski definition) is 6. The minimum Gasteiger partial charge on any atom is -0.466 e. The maximum absolute atomic E-state index is 12.9. The molecule has 0 saturated heterocycles. The normalized spacial score (nSPS) is 13.4. The summed E-state index contributed by atoms with van der Waals surface area (Å²) in [6, 6.07) is 16.1. The molecule has 2 aromatic carbocycles. The van der Waals surface area contributed by atoms with Gasteiger partial charge in [0.2, 0.25) is 0 Å². The summed E-state index contributed by atoms with van der Waals surface area (Å²) in [6.07, 6.45) is 0. The monoisotopic (exact) mass is 423 g/mol. The van der Waals surface area contributed by atoms with Gasteiger partial charge in [-0.3, -0.25) is 9.59 Å². The lowest BCUT2D eigenvalue weighted by Crippen LogP contribution is -2.31. The summed E-state index contributed by atoms with van der Waals surface area (Å²) in [6.45, 7) is 2.40. The average molecular weight is 423 g/mol. The number of nitrogens with one attached hydrogen (secondary N) is 1. The van der Waals surface area contributed by atoms with Crippen molar-refractivity contribution in [3.63, 3.8) is 0 Å². The van der Waals surface area contributed by atoms with Crippen LogP contribution < -0.4 is 10.2 Å². The zero-order chi connectivity index (χ0) is 22.4. The van der Waals surface area contributed by atoms with Gasteiger partial charge in [-0.2, -0.15) is 0 Å². The third-order valence-corrected chi connectivity index (χ3v) is 4.98. The molecule has 0 unspecified atom stereocenters. The van der Waals surface area contributed by atoms with Crippen LogP contribution in [0, 0.1) is 0 Å². The average Bonchev–Trinajstić information content (AvgIpc) is 3.10. The Labute approximate surface area is 180 Å². The maximum Gasteiger partial charge on any atom is 0.337 e. The molecule has 2 aromatic rings. The van der Waals surface area contributed by atoms with Crippen LogP contribution in [-0.2, 0) is 14.3 Å². The molecule has 0 radical (unpaired) electrons. The molecule has 1 aliphatic heterocycles. The number of nitrogens with zero attached hydrogens (tertiary/aromatic N) is 2. The number of hydrogen-bond donors (Lipinski definition) is 2. The molecule has 3 rings (SSSR count). The van der Waals surface area contributed by atoms with Crippen LogP contribution in [0.4, 0.5) is 11.4 Å². The smallest absolute Gasteiger partial charge is 0.337 e. The Morgan fingerprint density at radius 3 is 2.39 bits per heavy atom. The highest BCUT2D eigenvalue weighted by Crippen LogP contribution is 2.24. The minimum atomic E-state index is -0.607. The summed E-state index contributed by atoms with van der Waals surface area (Å²) in [4.78, 5) is 40.7. The number of methoxy groups -OCH3 is 1. The van der Waals surface area contributed by atoms with E-state index in [0.717, 1.165) is 5.69 Å². The van der Waals surface area contributed by atoms with Gasteiger partial charge in [0.15, 0.2) is 0 Å². The molecule has 0 saturated carbocycles. The van der Waals surface area contributed by atoms with Crippen LogP contribution in [0.2, 0.25) is 0 Å². The predicted octanol–water partition coefficient (Wildman–Crippen LogP) is 2.03. The molecule has 0 bridgehead atoms. The number of aliphatic hydroxyl groups is 1. The highest BCUT2D eigenvalue weighted by Gasteiger charge is 2.34. The Bertz CT molecular complexity index is 986. The second-order valence-corrected chi connectivity index (χ2v) is 6.88. The second-order valence-electron chi connectivity index (χ2n) is 6.88. The first-order chi connectivity index (χ1) is 15.0. The van der Waals surface area contributed by atoms with E-state index in [1.165, 1.54) is 12.0 Å². The SMILES string of the molecule is CCN(C(=O)c1ccc(NC2=C(C(=O)OC)CN(CCO)C2=O)cc1)c1ccccc1. The van der Waals surface area contributed by atoms with Gasteiger partial charge in [0, 0.05) is 30.0 Å². The Balaban J connectivity index is 1.80. The fourth-order valence-corrected chi connectivity index (χ4v) is 3.40. The van der Waals surface area contributed by atoms with Gasteiger partial charge in [-0.1, -0.05) is 18.2 Å². The van der Waals surface area contributed by atoms with Crippen molar-refractivity contribution in [2.45, 2.75) is 6.92 Å². The number of carbonyl (C=O) groups is 3. The largest absolute Gasteiger partial charge is 0.466 e. The number of rotatable bonds is 8. The van der Waals surface area contributed by atoms with Crippen LogP contribution in [0.5, 0.6) is 0 Å². The number of anilines is 2. The molecular formula is C23H25N3O5. The van der Waals surface area contributed by atoms with Gasteiger partial charge >= 0.3 is 5.97 Å². The van der Waals surface area contributed by atoms with E-state index in [1.54, 1.807) is 29.2 Å². The summed E-state index contributed by atoms with van der Waals surface area (Å²) in [5, 5.41) is 12.1. The van der Waals surface area contributed by atoms with E-state index in [-0.39, 0.29) is 36.9 Å². The molecule has 8 nitrogen and oxygen atoms in total. The number of para-hydroxylation sites is 1. The zero-order valence-electron chi connectivity index (χ0n) is 17.5. The van der Waals surface area contributed by atoms with Crippen molar-refractivity contribution < 1.29 is 24.2 Å². The van der Waals surface area contributed by atoms with Gasteiger partial charge in [0.25, 0.3) is 11.8 Å². The standard InChI is InChI=1S/C23H25N3O5/c1-3-26(18-7-5-4-6-8-18)21(28)16-9-11-17(12-10-16)24-20-19(23(30)31-2)15-25(13-14-27)22(20)29/h4-12,24,27H,3,13-15H2,1-2H3. The molecule has 2 N–H and O–H groups in total. The van der Waals surface area contributed by atoms with Crippen molar-refractivity contribution in [2.75, 3.05) is 43.6 Å². The Morgan fingerprint density at radius 2 is 1.81 bits per heavy atom. The van der Waals surface area contributed by atoms with Crippen LogP contribution in [0.1, 0.15) is 17.3 Å². The van der Waals surface area contributed by atoms with Crippen molar-refractivity contribution in [2.24, 2.45) is 0 Å². The molecule has 1 aliphatic rings. The first kappa shape index (κ1) is 22.0. The first-order valence-electron chi connectivity index (χ1n) is 9.95. The lowest BCUT2D eigenvalue weighted by molar-refractivity contribution is -0.136. The molecule has 0 atom stereocenters. The molecule has 1 heterocycles. The quantitative estimate of drug-likeness (QED) is 0.631. The van der Waals surface area contributed by atoms with Crippen molar-refractivity contribution in [1.29, 1.82) is 0 Å². The van der Waals surface area contributed by atoms with Crippen molar-refractivity contribution in [3.8, 4) is 0 Å². The highest BCUT2D eigenvalue weighted by atomic mass is 16.5. The van der Waals surface area contributed by atoms with Crippen LogP contribution in [0.3, 0.4) is 0 Å². The number of ether oxygens (including phenoxy) is 1. The molecule has 0 aliphatic carbocycles. The molecule has 31 heavy (non-hydrogen) atoms. The topological polar surface area (TPSA) is 99.2 Å². The van der Waals surface area contributed by atoms with Gasteiger partial charge in [-0.05, 0) is 43.3 Å². The van der Waals surface area contributed by atoms with Crippen molar-refractivity contribution >= 4 is 29.2 Å². The molecule has 0 fully saturated rings. The fourth-order valence-electron chi connectivity index (χ4n) is 3.40. The van der Waals surface area contributed by atoms with E-state index in [9.17, 15) is 14.4 Å². The van der Waals surface area contributed by atoms with Gasteiger partial charge in [0.1, 0.15) is 5.70 Å². The fraction of sp³-hybridized carbons (Fsp3) is 0.261. The molecule has 162 valence electrons. The Morgan fingerprint density at radius 1 is 1.13 bits per heavy atom. The lowest BCUT2D eigenvalue weighted by Gasteiger charge is -2.21. The summed E-state index contributed by atoms with van der Waals surface area (Å²) in [5.41, 5.74) is 2.17. The van der Waals surface area contributed by atoms with Crippen molar-refractivity contribution in [3.05, 3.63) is 71.4 Å². The van der Waals surface area contributed by atoms with Crippen molar-refractivity contribution in [1.82, 2.24) is 4.90 Å². The third kappa shape index (κ3) is 4.75. The molecule has 8 heteroatoms. The maximum atomic E-state index is 12.9. The second kappa shape index (κ2) is 9.90. The van der Waals surface area contributed by atoms with Gasteiger partial charge in [-0.15, -0.1) is 0 Å². The summed E-state index contributed by atoms with van der Waals surface area (Å²) in [5.74, 6) is -1.14. The summed E-state index contributed by atoms with van der Waals surface area (Å²) < 4.78 is 4.78. The van der Waals surface area contributed by atoms with Crippen LogP contribution in [-0.4, -0.2) is 61.1 Å². The Hall–Kier alpha value is -3.65. The van der Waals surface area contributed by atoms with E-state index in [1.807, 2.05) is 37.3 Å². The Kier molecular flexibility index (Phi) is 7.04. The van der Waals surface area contributed by atoms with Crippen LogP contribution >= 0.6 is 0 Å².